The van der Waals surface area contributed by atoms with E-state index in [-0.39, 0.29) is 26.4 Å². The smallest absolute Gasteiger partial charge is 0.306 e. The van der Waals surface area contributed by atoms with Crippen molar-refractivity contribution in [1.82, 2.24) is 0 Å². The van der Waals surface area contributed by atoms with Gasteiger partial charge in [-0.25, -0.2) is 0 Å². The maximum Gasteiger partial charge on any atom is 0.306 e. The molecule has 0 unspecified atom stereocenters. The van der Waals surface area contributed by atoms with Crippen LogP contribution >= 0.6 is 31.9 Å². The highest BCUT2D eigenvalue weighted by atomic mass is 79.9. The van der Waals surface area contributed by atoms with Crippen molar-refractivity contribution in [1.29, 1.82) is 0 Å². The Bertz CT molecular complexity index is 454. The number of hydrogen-bond acceptors (Lipinski definition) is 4. The second-order valence-electron chi connectivity index (χ2n) is 7.49. The van der Waals surface area contributed by atoms with Crippen LogP contribution in [0.4, 0.5) is 0 Å². The van der Waals surface area contributed by atoms with Crippen LogP contribution in [0.25, 0.3) is 0 Å². The molecule has 0 saturated heterocycles. The Morgan fingerprint density at radius 3 is 1.65 bits per heavy atom. The second kappa shape index (κ2) is 39.5. The van der Waals surface area contributed by atoms with Crippen LogP contribution in [-0.4, -0.2) is 46.0 Å². The molecule has 0 aromatic carbocycles. The van der Waals surface area contributed by atoms with Gasteiger partial charge in [0.25, 0.3) is 0 Å². The van der Waals surface area contributed by atoms with Gasteiger partial charge in [-0.2, -0.15) is 0 Å². The first-order chi connectivity index (χ1) is 16.0. The van der Waals surface area contributed by atoms with Crippen LogP contribution in [0.2, 0.25) is 0 Å². The van der Waals surface area contributed by atoms with Gasteiger partial charge >= 0.3 is 11.9 Å². The molecule has 0 aromatic heterocycles. The molecule has 0 aliphatic carbocycles. The normalized spacial score (nSPS) is 10.1. The van der Waals surface area contributed by atoms with Crippen molar-refractivity contribution in [2.24, 2.45) is 0 Å². The van der Waals surface area contributed by atoms with E-state index < -0.39 is 5.97 Å². The van der Waals surface area contributed by atoms with Crippen LogP contribution in [0.15, 0.2) is 24.3 Å². The van der Waals surface area contributed by atoms with Crippen LogP contribution in [0, 0.1) is 0 Å². The number of aliphatic hydroxyl groups excluding tert-OH is 1. The first-order valence-electron chi connectivity index (χ1n) is 12.4. The predicted octanol–water partition coefficient (Wildman–Crippen LogP) is 8.62. The molecule has 204 valence electrons. The monoisotopic (exact) mass is 614 g/mol. The van der Waals surface area contributed by atoms with Gasteiger partial charge in [0.2, 0.25) is 0 Å². The Morgan fingerprint density at radius 2 is 1.24 bits per heavy atom. The van der Waals surface area contributed by atoms with Gasteiger partial charge in [0.15, 0.2) is 0 Å². The molecule has 0 aliphatic rings. The zero-order valence-electron chi connectivity index (χ0n) is 20.9. The fourth-order valence-electron chi connectivity index (χ4n) is 2.40. The third-order valence-corrected chi connectivity index (χ3v) is 5.39. The summed E-state index contributed by atoms with van der Waals surface area (Å²) in [6.45, 7) is 5.04. The van der Waals surface area contributed by atoms with E-state index in [0.717, 1.165) is 36.3 Å². The molecular formula is C27H52Br2O5. The Morgan fingerprint density at radius 1 is 0.735 bits per heavy atom. The molecule has 0 saturated carbocycles. The summed E-state index contributed by atoms with van der Waals surface area (Å²) >= 11 is 6.39. The molecule has 0 heterocycles. The average Bonchev–Trinajstić information content (AvgIpc) is 2.81. The molecule has 0 bridgehead atoms. The number of carboxylic acids is 1. The number of halogens is 2. The number of ether oxygens (including phenoxy) is 1. The SMILES string of the molecule is C.CCCCCC/C=C\CO.CCCCCC/C=C\COC(=O)CCCBr.O=C(O)CCCBr. The minimum atomic E-state index is -0.723. The van der Waals surface area contributed by atoms with E-state index in [9.17, 15) is 9.59 Å². The first kappa shape index (κ1) is 40.5. The summed E-state index contributed by atoms with van der Waals surface area (Å²) in [5.41, 5.74) is 0. The molecule has 0 atom stereocenters. The molecule has 0 aliphatic heterocycles. The van der Waals surface area contributed by atoms with Crippen molar-refractivity contribution >= 4 is 43.8 Å². The van der Waals surface area contributed by atoms with Gasteiger partial charge in [0, 0.05) is 23.5 Å². The number of unbranched alkanes of at least 4 members (excludes halogenated alkanes) is 8. The predicted molar refractivity (Wildman–Crippen MR) is 154 cm³/mol. The zero-order chi connectivity index (χ0) is 25.4. The molecule has 0 radical (unpaired) electrons. The number of carbonyl (C=O) groups is 2. The Hall–Kier alpha value is -0.660. The maximum atomic E-state index is 11.1. The maximum absolute atomic E-state index is 11.1. The molecule has 5 nitrogen and oxygen atoms in total. The third kappa shape index (κ3) is 48.7. The Balaban J connectivity index is -0.000000215. The molecule has 0 fully saturated rings. The minimum absolute atomic E-state index is 0. The molecule has 34 heavy (non-hydrogen) atoms. The average molecular weight is 617 g/mol. The number of alkyl halides is 2. The first-order valence-corrected chi connectivity index (χ1v) is 14.6. The van der Waals surface area contributed by atoms with Gasteiger partial charge in [0.05, 0.1) is 6.61 Å². The fraction of sp³-hybridized carbons (Fsp3) is 0.778. The molecule has 0 spiro atoms. The zero-order valence-corrected chi connectivity index (χ0v) is 24.1. The number of aliphatic carboxylic acids is 1. The van der Waals surface area contributed by atoms with Crippen molar-refractivity contribution in [3.63, 3.8) is 0 Å². The quantitative estimate of drug-likeness (QED) is 0.0657. The second-order valence-corrected chi connectivity index (χ2v) is 9.07. The van der Waals surface area contributed by atoms with Crippen molar-refractivity contribution < 1.29 is 24.5 Å². The number of rotatable bonds is 19. The van der Waals surface area contributed by atoms with E-state index in [1.54, 1.807) is 0 Å². The van der Waals surface area contributed by atoms with Crippen LogP contribution in [-0.2, 0) is 14.3 Å². The van der Waals surface area contributed by atoms with Gasteiger partial charge in [0.1, 0.15) is 6.61 Å². The number of esters is 1. The molecule has 0 aromatic rings. The molecule has 0 amide bonds. The van der Waals surface area contributed by atoms with Crippen LogP contribution in [0.5, 0.6) is 0 Å². The number of allylic oxidation sites excluding steroid dienone is 2. The standard InChI is InChI=1S/C13H23BrO2.C9H18O.C4H7BrO2.CH4/c1-2-3-4-5-6-7-8-12-16-13(15)10-9-11-14;1-2-3-4-5-6-7-8-9-10;5-3-1-2-4(6)7;/h7-8H,2-6,9-12H2,1H3;7-8,10H,2-6,9H2,1H3;1-3H2,(H,6,7);1H4/b2*8-7-;;. The summed E-state index contributed by atoms with van der Waals surface area (Å²) in [6, 6.07) is 0. The van der Waals surface area contributed by atoms with Crippen molar-refractivity contribution in [2.75, 3.05) is 23.9 Å². The summed E-state index contributed by atoms with van der Waals surface area (Å²) < 4.78 is 5.03. The largest absolute Gasteiger partial charge is 0.481 e. The minimum Gasteiger partial charge on any atom is -0.481 e. The summed E-state index contributed by atoms with van der Waals surface area (Å²) in [4.78, 5) is 20.8. The molecule has 0 rings (SSSR count). The number of carboxylic acid groups (broad SMARTS) is 1. The summed E-state index contributed by atoms with van der Waals surface area (Å²) in [7, 11) is 0. The summed E-state index contributed by atoms with van der Waals surface area (Å²) in [6.07, 6.45) is 22.8. The van der Waals surface area contributed by atoms with Gasteiger partial charge in [-0.15, -0.1) is 0 Å². The summed E-state index contributed by atoms with van der Waals surface area (Å²) in [5, 5.41) is 18.0. The summed E-state index contributed by atoms with van der Waals surface area (Å²) in [5.74, 6) is -0.825. The van der Waals surface area contributed by atoms with Gasteiger partial charge < -0.3 is 14.9 Å². The van der Waals surface area contributed by atoms with E-state index in [1.807, 2.05) is 12.2 Å². The van der Waals surface area contributed by atoms with Crippen molar-refractivity contribution in [3.05, 3.63) is 24.3 Å². The number of aliphatic hydroxyl groups is 1. The highest BCUT2D eigenvalue weighted by Crippen LogP contribution is 2.03. The van der Waals surface area contributed by atoms with Crippen molar-refractivity contribution in [3.8, 4) is 0 Å². The fourth-order valence-corrected chi connectivity index (χ4v) is 2.96. The highest BCUT2D eigenvalue weighted by Gasteiger charge is 1.99. The lowest BCUT2D eigenvalue weighted by molar-refractivity contribution is -0.142. The molecular weight excluding hydrogens is 564 g/mol. The van der Waals surface area contributed by atoms with Crippen molar-refractivity contribution in [2.45, 2.75) is 111 Å². The lowest BCUT2D eigenvalue weighted by atomic mass is 10.1. The van der Waals surface area contributed by atoms with E-state index in [4.69, 9.17) is 14.9 Å². The van der Waals surface area contributed by atoms with E-state index in [2.05, 4.69) is 57.9 Å². The van der Waals surface area contributed by atoms with Gasteiger partial charge in [-0.3, -0.25) is 9.59 Å². The van der Waals surface area contributed by atoms with Crippen LogP contribution in [0.1, 0.15) is 111 Å². The van der Waals surface area contributed by atoms with Gasteiger partial charge in [-0.1, -0.05) is 116 Å². The third-order valence-electron chi connectivity index (χ3n) is 4.27. The molecule has 2 N–H and O–H groups in total. The van der Waals surface area contributed by atoms with Gasteiger partial charge in [-0.05, 0) is 38.5 Å². The lowest BCUT2D eigenvalue weighted by Gasteiger charge is -1.99. The van der Waals surface area contributed by atoms with Crippen LogP contribution < -0.4 is 0 Å². The van der Waals surface area contributed by atoms with E-state index >= 15 is 0 Å². The van der Waals surface area contributed by atoms with E-state index in [0.29, 0.717) is 13.0 Å². The lowest BCUT2D eigenvalue weighted by Crippen LogP contribution is -2.04. The van der Waals surface area contributed by atoms with E-state index in [1.165, 1.54) is 51.4 Å². The molecule has 7 heteroatoms. The Kier molecular flexibility index (Phi) is 47.1. The Labute approximate surface area is 227 Å². The topological polar surface area (TPSA) is 83.8 Å². The highest BCUT2D eigenvalue weighted by molar-refractivity contribution is 9.09. The number of hydrogen-bond donors (Lipinski definition) is 2. The van der Waals surface area contributed by atoms with Crippen LogP contribution in [0.3, 0.4) is 0 Å². The number of carbonyl (C=O) groups excluding carboxylic acids is 1.